The number of esters is 2. The quantitative estimate of drug-likeness (QED) is 0.362. The molecule has 1 aromatic heterocycles. The zero-order valence-electron chi connectivity index (χ0n) is 29.1. The SMILES string of the molecule is CCOC(=O)[C@@]12C[C@H]1/C=C\CCCCC[C@H](CC(=O)OC(C)(C)C)C(=O)N1C[C@@H]3CN(Cc4nc5ccccc5n4C)C[C@@H]3[C@H]1C(=O)N2. The van der Waals surface area contributed by atoms with Gasteiger partial charge in [0.1, 0.15) is 23.0 Å². The number of benzene rings is 1. The molecule has 2 saturated heterocycles. The van der Waals surface area contributed by atoms with Gasteiger partial charge in [-0.2, -0.15) is 0 Å². The van der Waals surface area contributed by atoms with Crippen LogP contribution in [0, 0.1) is 23.7 Å². The first-order chi connectivity index (χ1) is 22.9. The number of amides is 2. The Balaban J connectivity index is 1.28. The Kier molecular flexibility index (Phi) is 9.71. The summed E-state index contributed by atoms with van der Waals surface area (Å²) >= 11 is 0. The Morgan fingerprint density at radius 3 is 2.62 bits per heavy atom. The number of hydrogen-bond acceptors (Lipinski definition) is 8. The van der Waals surface area contributed by atoms with Gasteiger partial charge in [-0.05, 0) is 71.4 Å². The van der Waals surface area contributed by atoms with Gasteiger partial charge >= 0.3 is 11.9 Å². The van der Waals surface area contributed by atoms with Crippen LogP contribution in [0.5, 0.6) is 0 Å². The van der Waals surface area contributed by atoms with Crippen molar-refractivity contribution in [3.05, 3.63) is 42.2 Å². The lowest BCUT2D eigenvalue weighted by Gasteiger charge is -2.32. The van der Waals surface area contributed by atoms with Crippen LogP contribution >= 0.6 is 0 Å². The molecule has 2 amide bonds. The fourth-order valence-electron chi connectivity index (χ4n) is 8.09. The van der Waals surface area contributed by atoms with Crippen molar-refractivity contribution in [2.45, 2.75) is 96.4 Å². The van der Waals surface area contributed by atoms with E-state index in [0.717, 1.165) is 42.5 Å². The van der Waals surface area contributed by atoms with Gasteiger partial charge in [-0.25, -0.2) is 9.78 Å². The Hall–Kier alpha value is -3.73. The summed E-state index contributed by atoms with van der Waals surface area (Å²) in [4.78, 5) is 64.2. The fraction of sp³-hybridized carbons (Fsp3) is 0.649. The number of fused-ring (bicyclic) bond motifs is 5. The van der Waals surface area contributed by atoms with Crippen molar-refractivity contribution in [3.8, 4) is 0 Å². The number of ether oxygens (including phenoxy) is 2. The molecule has 4 aliphatic rings. The molecule has 0 unspecified atom stereocenters. The molecule has 6 atom stereocenters. The second-order valence-corrected chi connectivity index (χ2v) is 15.2. The van der Waals surface area contributed by atoms with E-state index in [1.54, 1.807) is 11.8 Å². The van der Waals surface area contributed by atoms with Gasteiger partial charge in [0.05, 0.1) is 30.6 Å². The highest BCUT2D eigenvalue weighted by molar-refractivity contribution is 5.96. The summed E-state index contributed by atoms with van der Waals surface area (Å²) in [7, 11) is 2.02. The molecule has 6 rings (SSSR count). The van der Waals surface area contributed by atoms with Gasteiger partial charge in [-0.3, -0.25) is 19.3 Å². The zero-order chi connectivity index (χ0) is 34.2. The van der Waals surface area contributed by atoms with Gasteiger partial charge in [0.25, 0.3) is 0 Å². The molecule has 1 N–H and O–H groups in total. The van der Waals surface area contributed by atoms with Gasteiger partial charge in [0.15, 0.2) is 0 Å². The summed E-state index contributed by atoms with van der Waals surface area (Å²) in [5.74, 6) is -1.19. The van der Waals surface area contributed by atoms with Crippen LogP contribution in [0.2, 0.25) is 0 Å². The van der Waals surface area contributed by atoms with Gasteiger partial charge < -0.3 is 24.3 Å². The molecule has 3 fully saturated rings. The summed E-state index contributed by atoms with van der Waals surface area (Å²) in [6, 6.07) is 7.29. The number of imidazole rings is 1. The minimum absolute atomic E-state index is 0.0239. The molecule has 1 aromatic carbocycles. The highest BCUT2D eigenvalue weighted by Gasteiger charge is 2.63. The molecule has 0 spiro atoms. The third kappa shape index (κ3) is 7.02. The summed E-state index contributed by atoms with van der Waals surface area (Å²) in [6.45, 7) is 9.82. The lowest BCUT2D eigenvalue weighted by atomic mass is 9.92. The van der Waals surface area contributed by atoms with Crippen molar-refractivity contribution in [2.75, 3.05) is 26.2 Å². The van der Waals surface area contributed by atoms with Crippen molar-refractivity contribution < 1.29 is 28.7 Å². The van der Waals surface area contributed by atoms with E-state index >= 15 is 0 Å². The highest BCUT2D eigenvalue weighted by Crippen LogP contribution is 2.47. The molecule has 1 saturated carbocycles. The summed E-state index contributed by atoms with van der Waals surface area (Å²) in [6.07, 6.45) is 8.63. The molecule has 260 valence electrons. The largest absolute Gasteiger partial charge is 0.464 e. The second-order valence-electron chi connectivity index (χ2n) is 15.2. The summed E-state index contributed by atoms with van der Waals surface area (Å²) < 4.78 is 13.2. The number of rotatable bonds is 6. The lowest BCUT2D eigenvalue weighted by Crippen LogP contribution is -2.56. The van der Waals surface area contributed by atoms with Crippen LogP contribution in [0.1, 0.15) is 78.5 Å². The first-order valence-corrected chi connectivity index (χ1v) is 17.7. The third-order valence-corrected chi connectivity index (χ3v) is 10.5. The van der Waals surface area contributed by atoms with Crippen LogP contribution < -0.4 is 5.32 Å². The Bertz CT molecular complexity index is 1580. The van der Waals surface area contributed by atoms with E-state index in [-0.39, 0.29) is 42.6 Å². The van der Waals surface area contributed by atoms with E-state index in [1.165, 1.54) is 0 Å². The van der Waals surface area contributed by atoms with Gasteiger partial charge in [0.2, 0.25) is 11.8 Å². The Labute approximate surface area is 283 Å². The van der Waals surface area contributed by atoms with Gasteiger partial charge in [-0.15, -0.1) is 0 Å². The number of nitrogens with zero attached hydrogens (tertiary/aromatic N) is 4. The number of para-hydroxylation sites is 2. The topological polar surface area (TPSA) is 123 Å². The van der Waals surface area contributed by atoms with E-state index in [0.29, 0.717) is 39.0 Å². The molecule has 2 aromatic rings. The van der Waals surface area contributed by atoms with Crippen LogP contribution in [-0.4, -0.2) is 86.5 Å². The second kappa shape index (κ2) is 13.6. The van der Waals surface area contributed by atoms with Gasteiger partial charge in [0, 0.05) is 44.4 Å². The Morgan fingerprint density at radius 2 is 1.88 bits per heavy atom. The number of hydrogen-bond donors (Lipinski definition) is 1. The standard InChI is InChI=1S/C37H51N5O6/c1-6-47-35(46)37-19-26(37)15-11-9-7-8-10-14-24(18-31(43)48-36(2,3)4)34(45)42-21-25-20-41(22-27(25)32(42)33(44)39-37)23-30-38-28-16-12-13-17-29(28)40(30)5/h11-13,15-17,24-27,32H,6-10,14,18-23H2,1-5H3,(H,39,44)/b15-11-/t24-,25+,26-,27+,32+,37-/m1/s1. The number of aryl methyl sites for hydroxylation is 1. The molecular weight excluding hydrogens is 610 g/mol. The molecule has 0 bridgehead atoms. The third-order valence-electron chi connectivity index (χ3n) is 10.5. The Morgan fingerprint density at radius 1 is 1.08 bits per heavy atom. The lowest BCUT2D eigenvalue weighted by molar-refractivity contribution is -0.159. The predicted molar refractivity (Wildman–Crippen MR) is 180 cm³/mol. The molecule has 11 heteroatoms. The van der Waals surface area contributed by atoms with Gasteiger partial charge in [-0.1, -0.05) is 37.1 Å². The molecule has 11 nitrogen and oxygen atoms in total. The van der Waals surface area contributed by atoms with Crippen molar-refractivity contribution >= 4 is 34.8 Å². The smallest absolute Gasteiger partial charge is 0.332 e. The normalized spacial score (nSPS) is 30.4. The number of carbonyl (C=O) groups excluding carboxylic acids is 4. The number of likely N-dealkylation sites (tertiary alicyclic amines) is 1. The van der Waals surface area contributed by atoms with E-state index in [2.05, 4.69) is 26.9 Å². The van der Waals surface area contributed by atoms with E-state index in [4.69, 9.17) is 14.5 Å². The molecule has 1 aliphatic carbocycles. The molecule has 0 radical (unpaired) electrons. The van der Waals surface area contributed by atoms with Crippen molar-refractivity contribution in [1.29, 1.82) is 0 Å². The summed E-state index contributed by atoms with van der Waals surface area (Å²) in [5.41, 5.74) is 0.223. The monoisotopic (exact) mass is 661 g/mol. The number of aromatic nitrogens is 2. The van der Waals surface area contributed by atoms with Crippen LogP contribution in [-0.2, 0) is 42.2 Å². The minimum Gasteiger partial charge on any atom is -0.464 e. The number of nitrogens with one attached hydrogen (secondary N) is 1. The van der Waals surface area contributed by atoms with E-state index in [9.17, 15) is 19.2 Å². The maximum absolute atomic E-state index is 14.5. The van der Waals surface area contributed by atoms with E-state index in [1.807, 2.05) is 52.1 Å². The fourth-order valence-corrected chi connectivity index (χ4v) is 8.09. The van der Waals surface area contributed by atoms with Crippen molar-refractivity contribution in [3.63, 3.8) is 0 Å². The average Bonchev–Trinajstić information content (AvgIpc) is 3.24. The first-order valence-electron chi connectivity index (χ1n) is 17.7. The predicted octanol–water partition coefficient (Wildman–Crippen LogP) is 4.14. The van der Waals surface area contributed by atoms with Crippen LogP contribution in [0.3, 0.4) is 0 Å². The number of allylic oxidation sites excluding steroid dienone is 1. The molecule has 48 heavy (non-hydrogen) atoms. The maximum Gasteiger partial charge on any atom is 0.332 e. The first kappa shape index (κ1) is 34.1. The molecular formula is C37H51N5O6. The van der Waals surface area contributed by atoms with Crippen LogP contribution in [0.25, 0.3) is 11.0 Å². The van der Waals surface area contributed by atoms with E-state index < -0.39 is 35.0 Å². The van der Waals surface area contributed by atoms with Crippen LogP contribution in [0.4, 0.5) is 0 Å². The van der Waals surface area contributed by atoms with Crippen LogP contribution in [0.15, 0.2) is 36.4 Å². The minimum atomic E-state index is -1.13. The molecule has 3 aliphatic heterocycles. The number of carbonyl (C=O) groups is 4. The zero-order valence-corrected chi connectivity index (χ0v) is 29.1. The van der Waals surface area contributed by atoms with Crippen molar-refractivity contribution in [1.82, 2.24) is 24.7 Å². The average molecular weight is 662 g/mol. The maximum atomic E-state index is 14.5. The van der Waals surface area contributed by atoms with Crippen molar-refractivity contribution in [2.24, 2.45) is 30.7 Å². The summed E-state index contributed by atoms with van der Waals surface area (Å²) in [5, 5.41) is 3.12. The molecule has 4 heterocycles. The highest BCUT2D eigenvalue weighted by atomic mass is 16.6.